The van der Waals surface area contributed by atoms with Crippen molar-refractivity contribution in [1.82, 2.24) is 5.32 Å². The van der Waals surface area contributed by atoms with E-state index in [-0.39, 0.29) is 5.91 Å². The van der Waals surface area contributed by atoms with Crippen LogP contribution in [0.25, 0.3) is 0 Å². The molecule has 0 atom stereocenters. The highest BCUT2D eigenvalue weighted by Crippen LogP contribution is 2.19. The molecule has 0 radical (unpaired) electrons. The lowest BCUT2D eigenvalue weighted by atomic mass is 10.1. The first-order chi connectivity index (χ1) is 8.19. The van der Waals surface area contributed by atoms with E-state index in [0.29, 0.717) is 11.3 Å². The molecule has 0 fully saturated rings. The Morgan fingerprint density at radius 2 is 2.12 bits per heavy atom. The molecular formula is C13H21N3O. The zero-order chi connectivity index (χ0) is 12.7. The Labute approximate surface area is 103 Å². The molecule has 1 rings (SSSR count). The summed E-state index contributed by atoms with van der Waals surface area (Å²) in [6.45, 7) is 3.04. The van der Waals surface area contributed by atoms with Crippen molar-refractivity contribution in [1.29, 1.82) is 0 Å². The SMILES string of the molecule is CCCCCNc1ccc(N)cc1C(=O)NC. The molecule has 0 aliphatic rings. The van der Waals surface area contributed by atoms with E-state index < -0.39 is 0 Å². The molecule has 1 aromatic rings. The number of carbonyl (C=O) groups excluding carboxylic acids is 1. The minimum atomic E-state index is -0.115. The van der Waals surface area contributed by atoms with Crippen molar-refractivity contribution in [3.8, 4) is 0 Å². The van der Waals surface area contributed by atoms with Gasteiger partial charge in [-0.25, -0.2) is 0 Å². The van der Waals surface area contributed by atoms with Gasteiger partial charge in [0.05, 0.1) is 5.56 Å². The second-order valence-electron chi connectivity index (χ2n) is 4.02. The number of hydrogen-bond donors (Lipinski definition) is 3. The Kier molecular flexibility index (Phi) is 5.33. The maximum atomic E-state index is 11.7. The number of amides is 1. The van der Waals surface area contributed by atoms with Gasteiger partial charge in [-0.1, -0.05) is 19.8 Å². The number of nitrogens with two attached hydrogens (primary N) is 1. The van der Waals surface area contributed by atoms with Crippen molar-refractivity contribution >= 4 is 17.3 Å². The molecule has 0 saturated heterocycles. The van der Waals surface area contributed by atoms with E-state index >= 15 is 0 Å². The average molecular weight is 235 g/mol. The third-order valence-electron chi connectivity index (χ3n) is 2.61. The van der Waals surface area contributed by atoms with Gasteiger partial charge in [0.1, 0.15) is 0 Å². The number of hydrogen-bond acceptors (Lipinski definition) is 3. The first-order valence-corrected chi connectivity index (χ1v) is 6.04. The molecule has 0 unspecified atom stereocenters. The fourth-order valence-electron chi connectivity index (χ4n) is 1.64. The van der Waals surface area contributed by atoms with Crippen LogP contribution in [0.1, 0.15) is 36.5 Å². The number of rotatable bonds is 6. The lowest BCUT2D eigenvalue weighted by molar-refractivity contribution is 0.0964. The predicted molar refractivity (Wildman–Crippen MR) is 72.3 cm³/mol. The number of nitrogen functional groups attached to an aromatic ring is 1. The molecule has 94 valence electrons. The second kappa shape index (κ2) is 6.78. The summed E-state index contributed by atoms with van der Waals surface area (Å²) in [7, 11) is 1.62. The standard InChI is InChI=1S/C13H21N3O/c1-3-4-5-8-16-12-7-6-10(14)9-11(12)13(17)15-2/h6-7,9,16H,3-5,8,14H2,1-2H3,(H,15,17). The molecule has 0 saturated carbocycles. The number of anilines is 2. The Balaban J connectivity index is 2.72. The van der Waals surface area contributed by atoms with E-state index in [1.54, 1.807) is 19.2 Å². The highest BCUT2D eigenvalue weighted by Gasteiger charge is 2.09. The molecule has 0 bridgehead atoms. The van der Waals surface area contributed by atoms with Crippen LogP contribution in [-0.4, -0.2) is 19.5 Å². The molecule has 0 aliphatic carbocycles. The van der Waals surface area contributed by atoms with Crippen molar-refractivity contribution in [2.24, 2.45) is 0 Å². The van der Waals surface area contributed by atoms with Gasteiger partial charge >= 0.3 is 0 Å². The van der Waals surface area contributed by atoms with Crippen LogP contribution in [0.5, 0.6) is 0 Å². The monoisotopic (exact) mass is 235 g/mol. The van der Waals surface area contributed by atoms with Crippen LogP contribution < -0.4 is 16.4 Å². The zero-order valence-electron chi connectivity index (χ0n) is 10.5. The first-order valence-electron chi connectivity index (χ1n) is 6.04. The van der Waals surface area contributed by atoms with Crippen molar-refractivity contribution < 1.29 is 4.79 Å². The van der Waals surface area contributed by atoms with Crippen LogP contribution in [0.2, 0.25) is 0 Å². The van der Waals surface area contributed by atoms with E-state index in [9.17, 15) is 4.79 Å². The third kappa shape index (κ3) is 3.98. The molecule has 4 heteroatoms. The van der Waals surface area contributed by atoms with E-state index in [1.807, 2.05) is 6.07 Å². The predicted octanol–water partition coefficient (Wildman–Crippen LogP) is 2.23. The molecule has 4 nitrogen and oxygen atoms in total. The van der Waals surface area contributed by atoms with Crippen LogP contribution in [0.4, 0.5) is 11.4 Å². The lowest BCUT2D eigenvalue weighted by Crippen LogP contribution is -2.20. The maximum absolute atomic E-state index is 11.7. The topological polar surface area (TPSA) is 67.1 Å². The fourth-order valence-corrected chi connectivity index (χ4v) is 1.64. The van der Waals surface area contributed by atoms with Crippen LogP contribution in [0.15, 0.2) is 18.2 Å². The van der Waals surface area contributed by atoms with Crippen LogP contribution in [0.3, 0.4) is 0 Å². The van der Waals surface area contributed by atoms with Gasteiger partial charge in [-0.2, -0.15) is 0 Å². The Hall–Kier alpha value is -1.71. The summed E-state index contributed by atoms with van der Waals surface area (Å²) < 4.78 is 0. The van der Waals surface area contributed by atoms with Gasteiger partial charge in [0, 0.05) is 25.0 Å². The smallest absolute Gasteiger partial charge is 0.253 e. The van der Waals surface area contributed by atoms with Gasteiger partial charge in [0.25, 0.3) is 5.91 Å². The van der Waals surface area contributed by atoms with Gasteiger partial charge in [0.15, 0.2) is 0 Å². The highest BCUT2D eigenvalue weighted by molar-refractivity contribution is 6.00. The van der Waals surface area contributed by atoms with E-state index in [1.165, 1.54) is 12.8 Å². The summed E-state index contributed by atoms with van der Waals surface area (Å²) in [4.78, 5) is 11.7. The number of benzene rings is 1. The van der Waals surface area contributed by atoms with Crippen LogP contribution in [0, 0.1) is 0 Å². The highest BCUT2D eigenvalue weighted by atomic mass is 16.1. The summed E-state index contributed by atoms with van der Waals surface area (Å²) in [5.74, 6) is -0.115. The number of nitrogens with one attached hydrogen (secondary N) is 2. The van der Waals surface area contributed by atoms with Crippen molar-refractivity contribution in [2.75, 3.05) is 24.6 Å². The molecule has 4 N–H and O–H groups in total. The normalized spacial score (nSPS) is 10.0. The molecule has 1 amide bonds. The molecule has 0 heterocycles. The summed E-state index contributed by atoms with van der Waals surface area (Å²) in [5, 5.41) is 5.89. The minimum Gasteiger partial charge on any atom is -0.399 e. The third-order valence-corrected chi connectivity index (χ3v) is 2.61. The molecule has 17 heavy (non-hydrogen) atoms. The Bertz CT molecular complexity index is 377. The Morgan fingerprint density at radius 3 is 2.76 bits per heavy atom. The number of unbranched alkanes of at least 4 members (excludes halogenated alkanes) is 2. The van der Waals surface area contributed by atoms with E-state index in [2.05, 4.69) is 17.6 Å². The summed E-state index contributed by atoms with van der Waals surface area (Å²) in [6.07, 6.45) is 3.48. The van der Waals surface area contributed by atoms with E-state index in [0.717, 1.165) is 18.7 Å². The van der Waals surface area contributed by atoms with Crippen LogP contribution >= 0.6 is 0 Å². The van der Waals surface area contributed by atoms with Crippen molar-refractivity contribution in [3.05, 3.63) is 23.8 Å². The maximum Gasteiger partial charge on any atom is 0.253 e. The van der Waals surface area contributed by atoms with Gasteiger partial charge in [-0.15, -0.1) is 0 Å². The Morgan fingerprint density at radius 1 is 1.35 bits per heavy atom. The quantitative estimate of drug-likeness (QED) is 0.523. The summed E-state index contributed by atoms with van der Waals surface area (Å²) in [5.41, 5.74) is 7.73. The summed E-state index contributed by atoms with van der Waals surface area (Å²) in [6, 6.07) is 5.35. The second-order valence-corrected chi connectivity index (χ2v) is 4.02. The number of carbonyl (C=O) groups is 1. The van der Waals surface area contributed by atoms with Crippen molar-refractivity contribution in [2.45, 2.75) is 26.2 Å². The molecule has 1 aromatic carbocycles. The van der Waals surface area contributed by atoms with Gasteiger partial charge in [-0.05, 0) is 24.6 Å². The van der Waals surface area contributed by atoms with Crippen molar-refractivity contribution in [3.63, 3.8) is 0 Å². The molecular weight excluding hydrogens is 214 g/mol. The van der Waals surface area contributed by atoms with Gasteiger partial charge < -0.3 is 16.4 Å². The molecule has 0 aromatic heterocycles. The lowest BCUT2D eigenvalue weighted by Gasteiger charge is -2.11. The molecule has 0 aliphatic heterocycles. The molecule has 0 spiro atoms. The van der Waals surface area contributed by atoms with Gasteiger partial charge in [-0.3, -0.25) is 4.79 Å². The minimum absolute atomic E-state index is 0.115. The fraction of sp³-hybridized carbons (Fsp3) is 0.462. The van der Waals surface area contributed by atoms with Crippen LogP contribution in [-0.2, 0) is 0 Å². The summed E-state index contributed by atoms with van der Waals surface area (Å²) >= 11 is 0. The average Bonchev–Trinajstić information content (AvgIpc) is 2.35. The largest absolute Gasteiger partial charge is 0.399 e. The van der Waals surface area contributed by atoms with Gasteiger partial charge in [0.2, 0.25) is 0 Å². The zero-order valence-corrected chi connectivity index (χ0v) is 10.5. The van der Waals surface area contributed by atoms with E-state index in [4.69, 9.17) is 5.73 Å². The first kappa shape index (κ1) is 13.4.